The molecular formula is C21H24N4O4S. The van der Waals surface area contributed by atoms with Gasteiger partial charge in [-0.2, -0.15) is 9.29 Å². The second-order valence-corrected chi connectivity index (χ2v) is 9.12. The lowest BCUT2D eigenvalue weighted by Gasteiger charge is -2.33. The molecule has 4 rings (SSSR count). The summed E-state index contributed by atoms with van der Waals surface area (Å²) in [6.07, 6.45) is 0. The molecule has 1 aromatic heterocycles. The molecule has 1 saturated heterocycles. The van der Waals surface area contributed by atoms with Gasteiger partial charge in [-0.15, -0.1) is 0 Å². The zero-order chi connectivity index (χ0) is 21.1. The van der Waals surface area contributed by atoms with E-state index in [2.05, 4.69) is 15.0 Å². The Morgan fingerprint density at radius 3 is 2.43 bits per heavy atom. The van der Waals surface area contributed by atoms with Gasteiger partial charge in [0.1, 0.15) is 10.6 Å². The number of sulfonamides is 1. The molecule has 158 valence electrons. The molecule has 0 unspecified atom stereocenters. The number of hydrogen-bond acceptors (Lipinski definition) is 7. The largest absolute Gasteiger partial charge is 0.495 e. The molecule has 2 heterocycles. The molecule has 2 aromatic carbocycles. The SMILES string of the molecule is COc1ccccc1S(=O)(=O)N1CCN(Cc2nc(-c3ccc(C)cc3)no2)CC1. The topological polar surface area (TPSA) is 88.8 Å². The van der Waals surface area contributed by atoms with Crippen molar-refractivity contribution in [1.82, 2.24) is 19.3 Å². The minimum atomic E-state index is -3.61. The molecule has 0 spiro atoms. The van der Waals surface area contributed by atoms with Gasteiger partial charge in [0.05, 0.1) is 13.7 Å². The van der Waals surface area contributed by atoms with E-state index in [4.69, 9.17) is 9.26 Å². The van der Waals surface area contributed by atoms with E-state index >= 15 is 0 Å². The maximum absolute atomic E-state index is 13.0. The summed E-state index contributed by atoms with van der Waals surface area (Å²) in [5, 5.41) is 4.06. The van der Waals surface area contributed by atoms with E-state index < -0.39 is 10.0 Å². The molecule has 1 fully saturated rings. The summed E-state index contributed by atoms with van der Waals surface area (Å²) < 4.78 is 38.1. The molecule has 0 N–H and O–H groups in total. The van der Waals surface area contributed by atoms with Gasteiger partial charge in [0.15, 0.2) is 0 Å². The van der Waals surface area contributed by atoms with Gasteiger partial charge in [-0.25, -0.2) is 8.42 Å². The Bertz CT molecular complexity index is 1100. The third kappa shape index (κ3) is 4.23. The molecule has 0 saturated carbocycles. The zero-order valence-electron chi connectivity index (χ0n) is 17.0. The van der Waals surface area contributed by atoms with Crippen LogP contribution in [0.5, 0.6) is 5.75 Å². The second-order valence-electron chi connectivity index (χ2n) is 7.21. The molecule has 1 aliphatic rings. The maximum Gasteiger partial charge on any atom is 0.246 e. The number of methoxy groups -OCH3 is 1. The van der Waals surface area contributed by atoms with Gasteiger partial charge in [0.25, 0.3) is 0 Å². The normalized spacial score (nSPS) is 15.9. The van der Waals surface area contributed by atoms with E-state index in [1.807, 2.05) is 31.2 Å². The monoisotopic (exact) mass is 428 g/mol. The average Bonchev–Trinajstić information content (AvgIpc) is 3.23. The molecule has 0 radical (unpaired) electrons. The van der Waals surface area contributed by atoms with E-state index in [-0.39, 0.29) is 4.90 Å². The minimum absolute atomic E-state index is 0.195. The van der Waals surface area contributed by atoms with Crippen LogP contribution in [0.15, 0.2) is 57.9 Å². The van der Waals surface area contributed by atoms with Crippen molar-refractivity contribution in [2.75, 3.05) is 33.3 Å². The van der Waals surface area contributed by atoms with Crippen molar-refractivity contribution in [2.45, 2.75) is 18.4 Å². The van der Waals surface area contributed by atoms with Crippen LogP contribution in [-0.4, -0.2) is 61.1 Å². The zero-order valence-corrected chi connectivity index (χ0v) is 17.8. The highest BCUT2D eigenvalue weighted by molar-refractivity contribution is 7.89. The minimum Gasteiger partial charge on any atom is -0.495 e. The van der Waals surface area contributed by atoms with Crippen LogP contribution in [-0.2, 0) is 16.6 Å². The van der Waals surface area contributed by atoms with Crippen LogP contribution in [0.25, 0.3) is 11.4 Å². The fraction of sp³-hybridized carbons (Fsp3) is 0.333. The third-order valence-corrected chi connectivity index (χ3v) is 7.09. The Hall–Kier alpha value is -2.75. The number of aryl methyl sites for hydroxylation is 1. The quantitative estimate of drug-likeness (QED) is 0.596. The summed E-state index contributed by atoms with van der Waals surface area (Å²) in [4.78, 5) is 6.78. The van der Waals surface area contributed by atoms with E-state index in [1.54, 1.807) is 24.3 Å². The number of piperazine rings is 1. The molecule has 0 bridgehead atoms. The highest BCUT2D eigenvalue weighted by Crippen LogP contribution is 2.27. The summed E-state index contributed by atoms with van der Waals surface area (Å²) in [5.41, 5.74) is 2.08. The first-order valence-corrected chi connectivity index (χ1v) is 11.2. The van der Waals surface area contributed by atoms with E-state index in [0.717, 1.165) is 5.56 Å². The van der Waals surface area contributed by atoms with Gasteiger partial charge >= 0.3 is 0 Å². The van der Waals surface area contributed by atoms with Crippen LogP contribution in [0, 0.1) is 6.92 Å². The maximum atomic E-state index is 13.0. The van der Waals surface area contributed by atoms with Crippen LogP contribution in [0.2, 0.25) is 0 Å². The third-order valence-electron chi connectivity index (χ3n) is 5.15. The summed E-state index contributed by atoms with van der Waals surface area (Å²) in [7, 11) is -2.13. The van der Waals surface area contributed by atoms with Crippen molar-refractivity contribution in [1.29, 1.82) is 0 Å². The second kappa shape index (κ2) is 8.55. The molecule has 0 aliphatic carbocycles. The number of aromatic nitrogens is 2. The number of nitrogens with zero attached hydrogens (tertiary/aromatic N) is 4. The van der Waals surface area contributed by atoms with Gasteiger partial charge < -0.3 is 9.26 Å². The van der Waals surface area contributed by atoms with E-state index in [1.165, 1.54) is 17.0 Å². The highest BCUT2D eigenvalue weighted by atomic mass is 32.2. The van der Waals surface area contributed by atoms with Gasteiger partial charge in [-0.1, -0.05) is 47.1 Å². The van der Waals surface area contributed by atoms with Crippen molar-refractivity contribution >= 4 is 10.0 Å². The Balaban J connectivity index is 1.39. The highest BCUT2D eigenvalue weighted by Gasteiger charge is 2.31. The Kier molecular flexibility index (Phi) is 5.85. The van der Waals surface area contributed by atoms with Crippen molar-refractivity contribution < 1.29 is 17.7 Å². The smallest absolute Gasteiger partial charge is 0.246 e. The number of hydrogen-bond donors (Lipinski definition) is 0. The van der Waals surface area contributed by atoms with Crippen molar-refractivity contribution in [3.8, 4) is 17.1 Å². The Morgan fingerprint density at radius 1 is 1.03 bits per heavy atom. The number of ether oxygens (including phenoxy) is 1. The molecular weight excluding hydrogens is 404 g/mol. The molecule has 30 heavy (non-hydrogen) atoms. The molecule has 9 heteroatoms. The van der Waals surface area contributed by atoms with Crippen molar-refractivity contribution in [3.05, 3.63) is 60.0 Å². The standard InChI is InChI=1S/C21H24N4O4S/c1-16-7-9-17(10-8-16)21-22-20(29-23-21)15-24-11-13-25(14-12-24)30(26,27)19-6-4-3-5-18(19)28-2/h3-10H,11-15H2,1-2H3. The molecule has 8 nitrogen and oxygen atoms in total. The molecule has 0 amide bonds. The molecule has 3 aromatic rings. The van der Waals surface area contributed by atoms with Crippen LogP contribution >= 0.6 is 0 Å². The summed E-state index contributed by atoms with van der Waals surface area (Å²) in [6, 6.07) is 14.6. The van der Waals surface area contributed by atoms with Gasteiger partial charge in [-0.3, -0.25) is 4.90 Å². The lowest BCUT2D eigenvalue weighted by molar-refractivity contribution is 0.163. The first-order valence-electron chi connectivity index (χ1n) is 9.72. The Labute approximate surface area is 176 Å². The predicted molar refractivity (Wildman–Crippen MR) is 112 cm³/mol. The lowest BCUT2D eigenvalue weighted by Crippen LogP contribution is -2.48. The number of benzene rings is 2. The fourth-order valence-corrected chi connectivity index (χ4v) is 5.01. The van der Waals surface area contributed by atoms with Crippen molar-refractivity contribution in [2.24, 2.45) is 0 Å². The van der Waals surface area contributed by atoms with E-state index in [9.17, 15) is 8.42 Å². The van der Waals surface area contributed by atoms with Crippen molar-refractivity contribution in [3.63, 3.8) is 0 Å². The number of para-hydroxylation sites is 1. The van der Waals surface area contributed by atoms with Gasteiger partial charge in [0.2, 0.25) is 21.7 Å². The number of rotatable bonds is 6. The van der Waals surface area contributed by atoms with Gasteiger partial charge in [0, 0.05) is 31.7 Å². The summed E-state index contributed by atoms with van der Waals surface area (Å²) in [5.74, 6) is 1.43. The fourth-order valence-electron chi connectivity index (χ4n) is 3.43. The van der Waals surface area contributed by atoms with Crippen LogP contribution in [0.4, 0.5) is 0 Å². The summed E-state index contributed by atoms with van der Waals surface area (Å²) in [6.45, 7) is 4.45. The summed E-state index contributed by atoms with van der Waals surface area (Å²) >= 11 is 0. The van der Waals surface area contributed by atoms with Crippen LogP contribution in [0.3, 0.4) is 0 Å². The molecule has 0 atom stereocenters. The van der Waals surface area contributed by atoms with Crippen LogP contribution < -0.4 is 4.74 Å². The Morgan fingerprint density at radius 2 is 1.73 bits per heavy atom. The lowest BCUT2D eigenvalue weighted by atomic mass is 10.1. The molecule has 1 aliphatic heterocycles. The predicted octanol–water partition coefficient (Wildman–Crippen LogP) is 2.56. The first kappa shape index (κ1) is 20.5. The van der Waals surface area contributed by atoms with Crippen LogP contribution in [0.1, 0.15) is 11.5 Å². The van der Waals surface area contributed by atoms with Gasteiger partial charge in [-0.05, 0) is 19.1 Å². The van der Waals surface area contributed by atoms with E-state index in [0.29, 0.717) is 50.2 Å². The first-order chi connectivity index (χ1) is 14.5. The average molecular weight is 429 g/mol.